The van der Waals surface area contributed by atoms with Gasteiger partial charge in [-0.25, -0.2) is 0 Å². The number of benzene rings is 1. The van der Waals surface area contributed by atoms with Gasteiger partial charge < -0.3 is 10.2 Å². The largest absolute Gasteiger partial charge is 0.376 e. The maximum absolute atomic E-state index is 12.1. The predicted octanol–water partition coefficient (Wildman–Crippen LogP) is 4.48. The minimum Gasteiger partial charge on any atom is -0.376 e. The Balaban J connectivity index is 2.27. The normalized spacial score (nSPS) is 10.3. The van der Waals surface area contributed by atoms with E-state index in [0.717, 1.165) is 9.47 Å². The van der Waals surface area contributed by atoms with Crippen LogP contribution in [0.4, 0.5) is 11.4 Å². The van der Waals surface area contributed by atoms with Crippen LogP contribution in [0, 0.1) is 0 Å². The summed E-state index contributed by atoms with van der Waals surface area (Å²) in [5.41, 5.74) is 2.23. The van der Waals surface area contributed by atoms with Gasteiger partial charge in [0.1, 0.15) is 0 Å². The molecule has 0 aliphatic heterocycles. The first-order valence-electron chi connectivity index (χ1n) is 5.49. The van der Waals surface area contributed by atoms with Crippen LogP contribution in [0.25, 0.3) is 0 Å². The van der Waals surface area contributed by atoms with E-state index >= 15 is 0 Å². The van der Waals surface area contributed by atoms with Crippen molar-refractivity contribution in [3.63, 3.8) is 0 Å². The molecule has 0 saturated carbocycles. The van der Waals surface area contributed by atoms with Gasteiger partial charge >= 0.3 is 0 Å². The van der Waals surface area contributed by atoms with Crippen LogP contribution in [0.15, 0.2) is 33.4 Å². The molecular weight excluding hydrogens is 348 g/mol. The Hall–Kier alpha value is -1.04. The van der Waals surface area contributed by atoms with Gasteiger partial charge in [-0.05, 0) is 40.2 Å². The molecule has 0 bridgehead atoms. The molecule has 1 heterocycles. The Kier molecular flexibility index (Phi) is 4.50. The van der Waals surface area contributed by atoms with Crippen molar-refractivity contribution in [3.8, 4) is 0 Å². The van der Waals surface area contributed by atoms with E-state index in [2.05, 4.69) is 21.2 Å². The highest BCUT2D eigenvalue weighted by molar-refractivity contribution is 9.11. The van der Waals surface area contributed by atoms with Crippen LogP contribution in [0.1, 0.15) is 10.4 Å². The van der Waals surface area contributed by atoms with Crippen molar-refractivity contribution in [2.45, 2.75) is 0 Å². The van der Waals surface area contributed by atoms with E-state index in [4.69, 9.17) is 11.6 Å². The maximum Gasteiger partial charge on any atom is 0.256 e. The topological polar surface area (TPSA) is 32.3 Å². The quantitative estimate of drug-likeness (QED) is 0.876. The zero-order valence-corrected chi connectivity index (χ0v) is 13.6. The molecule has 100 valence electrons. The summed E-state index contributed by atoms with van der Waals surface area (Å²) in [5, 5.41) is 5.28. The van der Waals surface area contributed by atoms with E-state index in [1.54, 1.807) is 23.6 Å². The third-order valence-corrected chi connectivity index (χ3v) is 4.26. The number of amides is 1. The summed E-state index contributed by atoms with van der Waals surface area (Å²) in [6, 6.07) is 7.21. The SMILES string of the molecule is CN(C)c1ccc(Cl)cc1NC(=O)c1csc(Br)c1. The number of nitrogens with one attached hydrogen (secondary N) is 1. The third kappa shape index (κ3) is 3.49. The van der Waals surface area contributed by atoms with Gasteiger partial charge in [0.25, 0.3) is 5.91 Å². The molecule has 1 N–H and O–H groups in total. The van der Waals surface area contributed by atoms with Gasteiger partial charge in [0.15, 0.2) is 0 Å². The molecule has 3 nitrogen and oxygen atoms in total. The number of carbonyl (C=O) groups is 1. The van der Waals surface area contributed by atoms with Gasteiger partial charge in [0.2, 0.25) is 0 Å². The monoisotopic (exact) mass is 358 g/mol. The van der Waals surface area contributed by atoms with Crippen molar-refractivity contribution < 1.29 is 4.79 Å². The minimum absolute atomic E-state index is 0.146. The number of nitrogens with zero attached hydrogens (tertiary/aromatic N) is 1. The number of halogens is 2. The average molecular weight is 360 g/mol. The number of thiophene rings is 1. The summed E-state index contributed by atoms with van der Waals surface area (Å²) in [5.74, 6) is -0.146. The van der Waals surface area contributed by atoms with Gasteiger partial charge in [0.05, 0.1) is 20.7 Å². The van der Waals surface area contributed by atoms with Crippen LogP contribution in [0.2, 0.25) is 5.02 Å². The van der Waals surface area contributed by atoms with E-state index in [9.17, 15) is 4.79 Å². The van der Waals surface area contributed by atoms with Crippen LogP contribution >= 0.6 is 38.9 Å². The fraction of sp³-hybridized carbons (Fsp3) is 0.154. The zero-order chi connectivity index (χ0) is 14.0. The standard InChI is InChI=1S/C13H12BrClN2OS/c1-17(2)11-4-3-9(15)6-10(11)16-13(18)8-5-12(14)19-7-8/h3-7H,1-2H3,(H,16,18). The maximum atomic E-state index is 12.1. The fourth-order valence-corrected chi connectivity index (χ4v) is 2.93. The molecule has 2 rings (SSSR count). The van der Waals surface area contributed by atoms with E-state index in [0.29, 0.717) is 16.3 Å². The first kappa shape index (κ1) is 14.4. The molecule has 2 aromatic rings. The van der Waals surface area contributed by atoms with Crippen molar-refractivity contribution in [2.75, 3.05) is 24.3 Å². The smallest absolute Gasteiger partial charge is 0.256 e. The second kappa shape index (κ2) is 5.94. The molecule has 0 fully saturated rings. The first-order valence-corrected chi connectivity index (χ1v) is 7.54. The summed E-state index contributed by atoms with van der Waals surface area (Å²) in [6.45, 7) is 0. The molecule has 1 amide bonds. The van der Waals surface area contributed by atoms with Crippen molar-refractivity contribution in [2.24, 2.45) is 0 Å². The summed E-state index contributed by atoms with van der Waals surface area (Å²) >= 11 is 10.8. The molecule has 1 aromatic heterocycles. The lowest BCUT2D eigenvalue weighted by molar-refractivity contribution is 0.102. The Morgan fingerprint density at radius 2 is 2.11 bits per heavy atom. The van der Waals surface area contributed by atoms with E-state index in [-0.39, 0.29) is 5.91 Å². The minimum atomic E-state index is -0.146. The molecule has 0 radical (unpaired) electrons. The highest BCUT2D eigenvalue weighted by atomic mass is 79.9. The molecule has 0 aliphatic rings. The number of rotatable bonds is 3. The van der Waals surface area contributed by atoms with Crippen molar-refractivity contribution in [1.82, 2.24) is 0 Å². The second-order valence-electron chi connectivity index (χ2n) is 4.15. The Bertz CT molecular complexity index is 612. The van der Waals surface area contributed by atoms with Crippen LogP contribution in [-0.4, -0.2) is 20.0 Å². The lowest BCUT2D eigenvalue weighted by atomic mass is 10.2. The highest BCUT2D eigenvalue weighted by Crippen LogP contribution is 2.29. The van der Waals surface area contributed by atoms with Crippen LogP contribution in [0.5, 0.6) is 0 Å². The third-order valence-electron chi connectivity index (χ3n) is 2.52. The van der Waals surface area contributed by atoms with Crippen molar-refractivity contribution >= 4 is 56.1 Å². The summed E-state index contributed by atoms with van der Waals surface area (Å²) in [4.78, 5) is 14.1. The van der Waals surface area contributed by atoms with Crippen LogP contribution in [-0.2, 0) is 0 Å². The lowest BCUT2D eigenvalue weighted by Gasteiger charge is -2.18. The zero-order valence-electron chi connectivity index (χ0n) is 10.4. The average Bonchev–Trinajstić information content (AvgIpc) is 2.75. The number of hydrogen-bond donors (Lipinski definition) is 1. The molecule has 0 saturated heterocycles. The molecule has 0 unspecified atom stereocenters. The van der Waals surface area contributed by atoms with Gasteiger partial charge in [-0.15, -0.1) is 11.3 Å². The molecule has 0 aliphatic carbocycles. The summed E-state index contributed by atoms with van der Waals surface area (Å²) in [7, 11) is 3.83. The van der Waals surface area contributed by atoms with E-state index in [1.165, 1.54) is 11.3 Å². The highest BCUT2D eigenvalue weighted by Gasteiger charge is 2.12. The Morgan fingerprint density at radius 3 is 2.68 bits per heavy atom. The second-order valence-corrected chi connectivity index (χ2v) is 6.88. The van der Waals surface area contributed by atoms with Gasteiger partial charge in [-0.1, -0.05) is 11.6 Å². The van der Waals surface area contributed by atoms with Crippen molar-refractivity contribution in [3.05, 3.63) is 44.0 Å². The summed E-state index contributed by atoms with van der Waals surface area (Å²) < 4.78 is 0.927. The Labute approximate surface area is 129 Å². The fourth-order valence-electron chi connectivity index (χ4n) is 1.62. The predicted molar refractivity (Wildman–Crippen MR) is 85.8 cm³/mol. The molecule has 0 spiro atoms. The van der Waals surface area contributed by atoms with Crippen LogP contribution in [0.3, 0.4) is 0 Å². The van der Waals surface area contributed by atoms with Gasteiger partial charge in [-0.2, -0.15) is 0 Å². The first-order chi connectivity index (χ1) is 8.97. The van der Waals surface area contributed by atoms with Gasteiger partial charge in [-0.3, -0.25) is 4.79 Å². The number of hydrogen-bond acceptors (Lipinski definition) is 3. The molecule has 0 atom stereocenters. The Morgan fingerprint density at radius 1 is 1.37 bits per heavy atom. The lowest BCUT2D eigenvalue weighted by Crippen LogP contribution is -2.16. The number of carbonyl (C=O) groups excluding carboxylic acids is 1. The van der Waals surface area contributed by atoms with E-state index < -0.39 is 0 Å². The number of anilines is 2. The van der Waals surface area contributed by atoms with Crippen LogP contribution < -0.4 is 10.2 Å². The van der Waals surface area contributed by atoms with Crippen molar-refractivity contribution in [1.29, 1.82) is 0 Å². The summed E-state index contributed by atoms with van der Waals surface area (Å²) in [6.07, 6.45) is 0. The molecule has 6 heteroatoms. The van der Waals surface area contributed by atoms with Gasteiger partial charge in [0, 0.05) is 24.5 Å². The molecule has 19 heavy (non-hydrogen) atoms. The molecule has 1 aromatic carbocycles. The van der Waals surface area contributed by atoms with E-state index in [1.807, 2.05) is 25.1 Å². The molecular formula is C13H12BrClN2OS.